The molecule has 0 aromatic carbocycles. The van der Waals surface area contributed by atoms with Gasteiger partial charge in [0.15, 0.2) is 11.5 Å². The largest absolute Gasteiger partial charge is 0.481 e. The Hall–Kier alpha value is -2.81. The number of hydrogen-bond donors (Lipinski definition) is 3. The van der Waals surface area contributed by atoms with Gasteiger partial charge in [-0.05, 0) is 59.3 Å². The number of hydrogen-bond acceptors (Lipinski definition) is 6. The van der Waals surface area contributed by atoms with Crippen LogP contribution in [0.3, 0.4) is 0 Å². The molecule has 0 amide bonds. The van der Waals surface area contributed by atoms with Crippen LogP contribution in [0.25, 0.3) is 17.3 Å². The van der Waals surface area contributed by atoms with E-state index in [1.54, 1.807) is 17.0 Å². The van der Waals surface area contributed by atoms with Crippen LogP contribution in [-0.4, -0.2) is 32.2 Å². The summed E-state index contributed by atoms with van der Waals surface area (Å²) >= 11 is 3.60. The topological polar surface area (TPSA) is 119 Å². The molecule has 1 aliphatic heterocycles. The van der Waals surface area contributed by atoms with Gasteiger partial charge in [-0.15, -0.1) is 0 Å². The molecule has 0 spiro atoms. The number of fused-ring (bicyclic) bond motifs is 2. The standard InChI is InChI=1S/C20H20BrN5O3/c21-15-16(10-1-3-11(4-2-10)20(27)28)25-18-14(9-24-26(18)17(15)22)13-7-12-5-6-29-19(12)23-8-13/h5-7,9-11,23H,1-4,8,22H2,(H,27,28). The van der Waals surface area contributed by atoms with Gasteiger partial charge >= 0.3 is 5.97 Å². The molecule has 5 rings (SSSR count). The smallest absolute Gasteiger partial charge is 0.306 e. The van der Waals surface area contributed by atoms with E-state index in [4.69, 9.17) is 15.1 Å². The zero-order valence-electron chi connectivity index (χ0n) is 15.6. The Morgan fingerprint density at radius 3 is 2.90 bits per heavy atom. The molecule has 0 bridgehead atoms. The molecular weight excluding hydrogens is 438 g/mol. The second-order valence-electron chi connectivity index (χ2n) is 7.60. The number of carboxylic acid groups (broad SMARTS) is 1. The minimum absolute atomic E-state index is 0.175. The molecule has 8 nitrogen and oxygen atoms in total. The summed E-state index contributed by atoms with van der Waals surface area (Å²) in [5.74, 6) is 0.466. The number of nitrogens with one attached hydrogen (secondary N) is 1. The minimum atomic E-state index is -0.709. The average Bonchev–Trinajstić information content (AvgIpc) is 3.37. The van der Waals surface area contributed by atoms with Crippen LogP contribution in [0, 0.1) is 5.92 Å². The lowest BCUT2D eigenvalue weighted by atomic mass is 9.80. The highest BCUT2D eigenvalue weighted by Crippen LogP contribution is 2.40. The third kappa shape index (κ3) is 3.00. The second-order valence-corrected chi connectivity index (χ2v) is 8.40. The molecule has 2 aliphatic rings. The van der Waals surface area contributed by atoms with Gasteiger partial charge in [-0.3, -0.25) is 4.79 Å². The summed E-state index contributed by atoms with van der Waals surface area (Å²) in [5, 5.41) is 17.0. The molecule has 0 atom stereocenters. The van der Waals surface area contributed by atoms with E-state index in [2.05, 4.69) is 32.4 Å². The lowest BCUT2D eigenvalue weighted by Gasteiger charge is -2.26. The number of nitrogens with zero attached hydrogens (tertiary/aromatic N) is 3. The lowest BCUT2D eigenvalue weighted by molar-refractivity contribution is -0.142. The number of nitrogens with two attached hydrogens (primary N) is 1. The Balaban J connectivity index is 1.55. The Morgan fingerprint density at radius 1 is 1.34 bits per heavy atom. The monoisotopic (exact) mass is 457 g/mol. The van der Waals surface area contributed by atoms with Crippen molar-refractivity contribution in [2.24, 2.45) is 5.92 Å². The van der Waals surface area contributed by atoms with E-state index in [0.717, 1.165) is 45.6 Å². The van der Waals surface area contributed by atoms with Gasteiger partial charge in [-0.1, -0.05) is 0 Å². The van der Waals surface area contributed by atoms with Crippen LogP contribution >= 0.6 is 15.9 Å². The third-order valence-electron chi connectivity index (χ3n) is 5.92. The Labute approximate surface area is 174 Å². The number of furan rings is 1. The fraction of sp³-hybridized carbons (Fsp3) is 0.350. The van der Waals surface area contributed by atoms with Crippen LogP contribution in [0.2, 0.25) is 0 Å². The van der Waals surface area contributed by atoms with Crippen molar-refractivity contribution in [2.75, 3.05) is 17.6 Å². The summed E-state index contributed by atoms with van der Waals surface area (Å²) in [7, 11) is 0. The van der Waals surface area contributed by atoms with E-state index in [1.807, 2.05) is 6.07 Å². The maximum absolute atomic E-state index is 11.3. The molecule has 1 fully saturated rings. The molecule has 1 saturated carbocycles. The molecule has 3 aromatic rings. The Kier molecular flexibility index (Phi) is 4.34. The van der Waals surface area contributed by atoms with E-state index < -0.39 is 5.97 Å². The van der Waals surface area contributed by atoms with Gasteiger partial charge < -0.3 is 20.6 Å². The van der Waals surface area contributed by atoms with E-state index in [9.17, 15) is 9.90 Å². The first kappa shape index (κ1) is 18.2. The second kappa shape index (κ2) is 6.91. The molecule has 1 aliphatic carbocycles. The van der Waals surface area contributed by atoms with E-state index in [1.165, 1.54) is 0 Å². The van der Waals surface area contributed by atoms with Gasteiger partial charge in [0, 0.05) is 23.6 Å². The van der Waals surface area contributed by atoms with Crippen molar-refractivity contribution in [3.05, 3.63) is 39.8 Å². The van der Waals surface area contributed by atoms with Gasteiger partial charge in [-0.25, -0.2) is 4.98 Å². The summed E-state index contributed by atoms with van der Waals surface area (Å²) in [6, 6.07) is 1.91. The number of nitrogen functional groups attached to an aromatic ring is 1. The zero-order valence-corrected chi connectivity index (χ0v) is 17.1. The van der Waals surface area contributed by atoms with E-state index in [-0.39, 0.29) is 11.8 Å². The molecule has 0 unspecified atom stereocenters. The number of aliphatic carboxylic acids is 1. The molecule has 29 heavy (non-hydrogen) atoms. The average molecular weight is 458 g/mol. The maximum Gasteiger partial charge on any atom is 0.306 e. The molecule has 0 radical (unpaired) electrons. The predicted octanol–water partition coefficient (Wildman–Crippen LogP) is 3.99. The SMILES string of the molecule is Nc1c(Br)c(C2CCC(C(=O)O)CC2)nc2c(C3=Cc4ccoc4NC3)cnn12. The molecule has 150 valence electrons. The number of carboxylic acids is 1. The van der Waals surface area contributed by atoms with Crippen molar-refractivity contribution in [3.8, 4) is 0 Å². The normalized spacial score (nSPS) is 21.5. The molecule has 0 saturated heterocycles. The highest BCUT2D eigenvalue weighted by Gasteiger charge is 2.30. The van der Waals surface area contributed by atoms with Crippen LogP contribution in [0.5, 0.6) is 0 Å². The van der Waals surface area contributed by atoms with Crippen LogP contribution in [0.15, 0.2) is 27.4 Å². The van der Waals surface area contributed by atoms with Gasteiger partial charge in [-0.2, -0.15) is 9.61 Å². The maximum atomic E-state index is 11.3. The highest BCUT2D eigenvalue weighted by atomic mass is 79.9. The molecule has 3 aromatic heterocycles. The summed E-state index contributed by atoms with van der Waals surface area (Å²) in [5.41, 5.74) is 10.9. The summed E-state index contributed by atoms with van der Waals surface area (Å²) in [4.78, 5) is 16.2. The first-order valence-electron chi connectivity index (χ1n) is 9.60. The fourth-order valence-corrected chi connectivity index (χ4v) is 4.87. The van der Waals surface area contributed by atoms with Crippen molar-refractivity contribution < 1.29 is 14.3 Å². The van der Waals surface area contributed by atoms with E-state index >= 15 is 0 Å². The molecule has 9 heteroatoms. The number of aromatic nitrogens is 3. The fourth-order valence-electron chi connectivity index (χ4n) is 4.29. The zero-order chi connectivity index (χ0) is 20.1. The number of rotatable bonds is 3. The van der Waals surface area contributed by atoms with Gasteiger partial charge in [0.25, 0.3) is 0 Å². The minimum Gasteiger partial charge on any atom is -0.481 e. The first-order chi connectivity index (χ1) is 14.0. The highest BCUT2D eigenvalue weighted by molar-refractivity contribution is 9.10. The van der Waals surface area contributed by atoms with Gasteiger partial charge in [0.2, 0.25) is 0 Å². The molecule has 4 heterocycles. The van der Waals surface area contributed by atoms with Gasteiger partial charge in [0.05, 0.1) is 28.5 Å². The van der Waals surface area contributed by atoms with Crippen molar-refractivity contribution in [1.29, 1.82) is 0 Å². The molecular formula is C20H20BrN5O3. The van der Waals surface area contributed by atoms with Gasteiger partial charge in [0.1, 0.15) is 5.82 Å². The number of carbonyl (C=O) groups is 1. The Bertz CT molecular complexity index is 1140. The number of halogens is 1. The third-order valence-corrected chi connectivity index (χ3v) is 6.73. The van der Waals surface area contributed by atoms with Crippen LogP contribution in [-0.2, 0) is 4.79 Å². The lowest BCUT2D eigenvalue weighted by Crippen LogP contribution is -2.21. The molecule has 4 N–H and O–H groups in total. The van der Waals surface area contributed by atoms with Crippen LogP contribution in [0.1, 0.15) is 48.4 Å². The number of anilines is 2. The van der Waals surface area contributed by atoms with Crippen molar-refractivity contribution >= 4 is 50.9 Å². The van der Waals surface area contributed by atoms with Crippen molar-refractivity contribution in [3.63, 3.8) is 0 Å². The van der Waals surface area contributed by atoms with Crippen LogP contribution < -0.4 is 11.1 Å². The summed E-state index contributed by atoms with van der Waals surface area (Å²) in [6.45, 7) is 0.610. The van der Waals surface area contributed by atoms with E-state index in [0.29, 0.717) is 30.9 Å². The van der Waals surface area contributed by atoms with Crippen molar-refractivity contribution in [2.45, 2.75) is 31.6 Å². The van der Waals surface area contributed by atoms with Crippen LogP contribution in [0.4, 0.5) is 11.7 Å². The quantitative estimate of drug-likeness (QED) is 0.543. The summed E-state index contributed by atoms with van der Waals surface area (Å²) < 4.78 is 7.80. The van der Waals surface area contributed by atoms with Crippen molar-refractivity contribution in [1.82, 2.24) is 14.6 Å². The first-order valence-corrected chi connectivity index (χ1v) is 10.4. The summed E-state index contributed by atoms with van der Waals surface area (Å²) in [6.07, 6.45) is 8.40. The predicted molar refractivity (Wildman–Crippen MR) is 113 cm³/mol. The Morgan fingerprint density at radius 2 is 2.14 bits per heavy atom.